The van der Waals surface area contributed by atoms with Crippen LogP contribution in [0.3, 0.4) is 0 Å². The van der Waals surface area contributed by atoms with E-state index in [0.717, 1.165) is 29.7 Å². The molecule has 0 radical (unpaired) electrons. The molecule has 1 aliphatic heterocycles. The number of nitrogens with zero attached hydrogens (tertiary/aromatic N) is 1. The molecule has 1 amide bonds. The lowest BCUT2D eigenvalue weighted by molar-refractivity contribution is 0.00225. The van der Waals surface area contributed by atoms with Crippen LogP contribution in [0.2, 0.25) is 5.02 Å². The summed E-state index contributed by atoms with van der Waals surface area (Å²) in [7, 11) is 3.16. The lowest BCUT2D eigenvalue weighted by atomic mass is 10.0. The van der Waals surface area contributed by atoms with Gasteiger partial charge in [-0.2, -0.15) is 0 Å². The summed E-state index contributed by atoms with van der Waals surface area (Å²) in [4.78, 5) is 15.2. The van der Waals surface area contributed by atoms with Gasteiger partial charge in [-0.15, -0.1) is 0 Å². The number of piperidine rings is 1. The number of methoxy groups -OCH3 is 2. The van der Waals surface area contributed by atoms with Crippen molar-refractivity contribution in [2.24, 2.45) is 0 Å². The molecular weight excluding hydrogens is 418 g/mol. The summed E-state index contributed by atoms with van der Waals surface area (Å²) in [6.07, 6.45) is 0.590. The Morgan fingerprint density at radius 2 is 2.10 bits per heavy atom. The second kappa shape index (κ2) is 9.18. The number of anilines is 1. The Balaban J connectivity index is 1.42. The predicted molar refractivity (Wildman–Crippen MR) is 121 cm³/mol. The third-order valence-corrected chi connectivity index (χ3v) is 6.01. The SMILES string of the molecule is COc1cc(N)c(Cl)cc1C(=O)N[C@H]1CCN(Cc2cc3ccccc3o2)C[C@H]1OC. The molecule has 0 saturated carbocycles. The van der Waals surface area contributed by atoms with E-state index >= 15 is 0 Å². The lowest BCUT2D eigenvalue weighted by Crippen LogP contribution is -2.54. The third kappa shape index (κ3) is 4.63. The third-order valence-electron chi connectivity index (χ3n) is 5.68. The van der Waals surface area contributed by atoms with Gasteiger partial charge in [0.25, 0.3) is 5.91 Å². The van der Waals surface area contributed by atoms with Gasteiger partial charge in [0.1, 0.15) is 17.1 Å². The van der Waals surface area contributed by atoms with E-state index < -0.39 is 0 Å². The number of carbonyl (C=O) groups is 1. The maximum atomic E-state index is 12.9. The van der Waals surface area contributed by atoms with Gasteiger partial charge < -0.3 is 24.9 Å². The predicted octanol–water partition coefficient (Wildman–Crippen LogP) is 3.70. The van der Waals surface area contributed by atoms with Crippen LogP contribution in [-0.2, 0) is 11.3 Å². The van der Waals surface area contributed by atoms with Crippen LogP contribution in [0.25, 0.3) is 11.0 Å². The number of hydrogen-bond acceptors (Lipinski definition) is 6. The summed E-state index contributed by atoms with van der Waals surface area (Å²) >= 11 is 6.11. The molecule has 2 heterocycles. The number of nitrogens with one attached hydrogen (secondary N) is 1. The standard InChI is InChI=1S/C23H26ClN3O4/c1-29-21-11-18(25)17(24)10-16(21)23(28)26-19-7-8-27(13-22(19)30-2)12-15-9-14-5-3-4-6-20(14)31-15/h3-6,9-11,19,22H,7-8,12-13,25H2,1-2H3,(H,26,28)/t19-,22+/m0/s1. The number of carbonyl (C=O) groups excluding carboxylic acids is 1. The number of furan rings is 1. The molecule has 4 rings (SSSR count). The van der Waals surface area contributed by atoms with Gasteiger partial charge in [-0.05, 0) is 24.6 Å². The molecule has 0 aliphatic carbocycles. The van der Waals surface area contributed by atoms with Crippen molar-refractivity contribution in [1.29, 1.82) is 0 Å². The molecule has 0 bridgehead atoms. The van der Waals surface area contributed by atoms with Gasteiger partial charge in [-0.1, -0.05) is 29.8 Å². The number of halogens is 1. The number of nitrogens with two attached hydrogens (primary N) is 1. The molecule has 8 heteroatoms. The minimum Gasteiger partial charge on any atom is -0.496 e. The van der Waals surface area contributed by atoms with Gasteiger partial charge in [0.2, 0.25) is 0 Å². The molecule has 0 unspecified atom stereocenters. The van der Waals surface area contributed by atoms with Crippen LogP contribution >= 0.6 is 11.6 Å². The molecule has 2 atom stereocenters. The van der Waals surface area contributed by atoms with Crippen LogP contribution in [0.5, 0.6) is 5.75 Å². The summed E-state index contributed by atoms with van der Waals surface area (Å²) in [6.45, 7) is 2.18. The Hall–Kier alpha value is -2.74. The Morgan fingerprint density at radius 1 is 1.29 bits per heavy atom. The maximum Gasteiger partial charge on any atom is 0.255 e. The molecule has 1 aromatic heterocycles. The molecule has 164 valence electrons. The Labute approximate surface area is 186 Å². The van der Waals surface area contributed by atoms with Gasteiger partial charge >= 0.3 is 0 Å². The van der Waals surface area contributed by atoms with Gasteiger partial charge in [0, 0.05) is 31.7 Å². The van der Waals surface area contributed by atoms with E-state index in [4.69, 9.17) is 31.2 Å². The molecular formula is C23H26ClN3O4. The molecule has 1 fully saturated rings. The molecule has 31 heavy (non-hydrogen) atoms. The zero-order chi connectivity index (χ0) is 22.0. The zero-order valence-electron chi connectivity index (χ0n) is 17.6. The summed E-state index contributed by atoms with van der Waals surface area (Å²) in [6, 6.07) is 13.0. The van der Waals surface area contributed by atoms with Crippen LogP contribution < -0.4 is 15.8 Å². The van der Waals surface area contributed by atoms with E-state index in [0.29, 0.717) is 35.1 Å². The lowest BCUT2D eigenvalue weighted by Gasteiger charge is -2.37. The average Bonchev–Trinajstić information content (AvgIpc) is 3.18. The van der Waals surface area contributed by atoms with Crippen molar-refractivity contribution < 1.29 is 18.7 Å². The van der Waals surface area contributed by atoms with Gasteiger partial charge in [-0.3, -0.25) is 9.69 Å². The van der Waals surface area contributed by atoms with Gasteiger partial charge in [-0.25, -0.2) is 0 Å². The first-order chi connectivity index (χ1) is 15.0. The maximum absolute atomic E-state index is 12.9. The van der Waals surface area contributed by atoms with Crippen molar-refractivity contribution in [2.75, 3.05) is 33.0 Å². The van der Waals surface area contributed by atoms with Crippen LogP contribution in [0.4, 0.5) is 5.69 Å². The molecule has 3 N–H and O–H groups in total. The first-order valence-electron chi connectivity index (χ1n) is 10.1. The largest absolute Gasteiger partial charge is 0.496 e. The smallest absolute Gasteiger partial charge is 0.255 e. The normalized spacial score (nSPS) is 19.5. The number of likely N-dealkylation sites (tertiary alicyclic amines) is 1. The molecule has 7 nitrogen and oxygen atoms in total. The Kier molecular flexibility index (Phi) is 6.36. The van der Waals surface area contributed by atoms with E-state index in [1.54, 1.807) is 13.2 Å². The highest BCUT2D eigenvalue weighted by Gasteiger charge is 2.31. The zero-order valence-corrected chi connectivity index (χ0v) is 18.3. The molecule has 0 spiro atoms. The molecule has 1 aliphatic rings. The minimum absolute atomic E-state index is 0.134. The van der Waals surface area contributed by atoms with E-state index in [1.165, 1.54) is 13.2 Å². The van der Waals surface area contributed by atoms with Crippen molar-refractivity contribution in [3.05, 3.63) is 58.8 Å². The topological polar surface area (TPSA) is 90.0 Å². The first kappa shape index (κ1) is 21.5. The first-order valence-corrected chi connectivity index (χ1v) is 10.5. The summed E-state index contributed by atoms with van der Waals surface area (Å²) in [5.74, 6) is 1.03. The Morgan fingerprint density at radius 3 is 2.84 bits per heavy atom. The van der Waals surface area contributed by atoms with Crippen molar-refractivity contribution >= 4 is 34.2 Å². The number of para-hydroxylation sites is 1. The second-order valence-corrected chi connectivity index (χ2v) is 8.11. The van der Waals surface area contributed by atoms with Gasteiger partial charge in [0.05, 0.1) is 42.1 Å². The van der Waals surface area contributed by atoms with Crippen LogP contribution in [0, 0.1) is 0 Å². The van der Waals surface area contributed by atoms with Crippen molar-refractivity contribution in [1.82, 2.24) is 10.2 Å². The number of amides is 1. The van der Waals surface area contributed by atoms with E-state index in [2.05, 4.69) is 16.3 Å². The van der Waals surface area contributed by atoms with Gasteiger partial charge in [0.15, 0.2) is 0 Å². The van der Waals surface area contributed by atoms with Crippen molar-refractivity contribution in [3.8, 4) is 5.75 Å². The number of fused-ring (bicyclic) bond motifs is 1. The molecule has 1 saturated heterocycles. The van der Waals surface area contributed by atoms with E-state index in [9.17, 15) is 4.79 Å². The van der Waals surface area contributed by atoms with E-state index in [1.807, 2.05) is 24.3 Å². The fraction of sp³-hybridized carbons (Fsp3) is 0.348. The fourth-order valence-electron chi connectivity index (χ4n) is 4.02. The number of hydrogen-bond donors (Lipinski definition) is 2. The highest BCUT2D eigenvalue weighted by atomic mass is 35.5. The highest BCUT2D eigenvalue weighted by Crippen LogP contribution is 2.29. The van der Waals surface area contributed by atoms with Crippen molar-refractivity contribution in [2.45, 2.75) is 25.1 Å². The van der Waals surface area contributed by atoms with Crippen molar-refractivity contribution in [3.63, 3.8) is 0 Å². The monoisotopic (exact) mass is 443 g/mol. The van der Waals surface area contributed by atoms with Crippen LogP contribution in [-0.4, -0.2) is 50.3 Å². The van der Waals surface area contributed by atoms with Crippen LogP contribution in [0.1, 0.15) is 22.5 Å². The number of nitrogen functional groups attached to an aromatic ring is 1. The highest BCUT2D eigenvalue weighted by molar-refractivity contribution is 6.33. The minimum atomic E-state index is -0.267. The number of benzene rings is 2. The fourth-order valence-corrected chi connectivity index (χ4v) is 4.19. The molecule has 2 aromatic carbocycles. The average molecular weight is 444 g/mol. The number of ether oxygens (including phenoxy) is 2. The summed E-state index contributed by atoms with van der Waals surface area (Å²) in [5, 5.41) is 4.48. The van der Waals surface area contributed by atoms with E-state index in [-0.39, 0.29) is 18.1 Å². The molecule has 3 aromatic rings. The summed E-state index contributed by atoms with van der Waals surface area (Å²) < 4.78 is 17.0. The summed E-state index contributed by atoms with van der Waals surface area (Å²) in [5.41, 5.74) is 7.42. The number of rotatable bonds is 6. The quantitative estimate of drug-likeness (QED) is 0.564. The van der Waals surface area contributed by atoms with Crippen LogP contribution in [0.15, 0.2) is 46.9 Å². The second-order valence-electron chi connectivity index (χ2n) is 7.70. The Bertz CT molecular complexity index is 1050.